The summed E-state index contributed by atoms with van der Waals surface area (Å²) in [5, 5.41) is 16.5. The molecule has 0 aromatic rings. The highest BCUT2D eigenvalue weighted by atomic mass is 16.4. The Morgan fingerprint density at radius 1 is 1.27 bits per heavy atom. The highest BCUT2D eigenvalue weighted by molar-refractivity contribution is 5.96. The molecule has 0 fully saturated rings. The molecule has 0 radical (unpaired) electrons. The molecule has 6 heteroatoms. The number of hydrogen-bond donors (Lipinski definition) is 3. The van der Waals surface area contributed by atoms with E-state index in [4.69, 9.17) is 15.9 Å². The van der Waals surface area contributed by atoms with Crippen molar-refractivity contribution in [3.8, 4) is 0 Å². The van der Waals surface area contributed by atoms with Gasteiger partial charge in [-0.05, 0) is 0 Å². The van der Waals surface area contributed by atoms with Crippen LogP contribution in [0.15, 0.2) is 0 Å². The molecule has 11 heavy (non-hydrogen) atoms. The largest absolute Gasteiger partial charge is 0.481 e. The van der Waals surface area contributed by atoms with E-state index in [1.54, 1.807) is 0 Å². The van der Waals surface area contributed by atoms with Crippen molar-refractivity contribution in [2.24, 2.45) is 11.7 Å². The van der Waals surface area contributed by atoms with Crippen molar-refractivity contribution in [2.75, 3.05) is 0 Å². The first-order valence-electron chi connectivity index (χ1n) is 2.67. The van der Waals surface area contributed by atoms with E-state index in [-0.39, 0.29) is 6.29 Å². The molecule has 0 aliphatic carbocycles. The Balaban J connectivity index is 4.46. The Kier molecular flexibility index (Phi) is 3.19. The number of carbonyl (C=O) groups is 3. The zero-order valence-electron chi connectivity index (χ0n) is 5.43. The van der Waals surface area contributed by atoms with Crippen molar-refractivity contribution in [1.29, 1.82) is 0 Å². The third kappa shape index (κ3) is 2.34. The number of nitrogens with two attached hydrogens (primary N) is 1. The van der Waals surface area contributed by atoms with Crippen LogP contribution in [-0.2, 0) is 14.4 Å². The van der Waals surface area contributed by atoms with Crippen molar-refractivity contribution in [2.45, 2.75) is 6.04 Å². The van der Waals surface area contributed by atoms with Crippen LogP contribution in [0.25, 0.3) is 0 Å². The Labute approximate surface area is 61.6 Å². The molecule has 0 spiro atoms. The quantitative estimate of drug-likeness (QED) is 0.334. The van der Waals surface area contributed by atoms with Crippen molar-refractivity contribution in [3.05, 3.63) is 0 Å². The molecule has 0 rings (SSSR count). The predicted octanol–water partition coefficient (Wildman–Crippen LogP) is -1.70. The number of aldehydes is 1. The van der Waals surface area contributed by atoms with Gasteiger partial charge in [-0.15, -0.1) is 0 Å². The summed E-state index contributed by atoms with van der Waals surface area (Å²) in [4.78, 5) is 30.1. The van der Waals surface area contributed by atoms with Gasteiger partial charge in [0, 0.05) is 0 Å². The Bertz CT molecular complexity index is 175. The van der Waals surface area contributed by atoms with Crippen molar-refractivity contribution in [3.63, 3.8) is 0 Å². The summed E-state index contributed by atoms with van der Waals surface area (Å²) in [7, 11) is 0. The molecule has 62 valence electrons. The first-order chi connectivity index (χ1) is 5.00. The zero-order valence-corrected chi connectivity index (χ0v) is 5.43. The van der Waals surface area contributed by atoms with Gasteiger partial charge in [-0.2, -0.15) is 0 Å². The van der Waals surface area contributed by atoms with Crippen LogP contribution in [0.5, 0.6) is 0 Å². The maximum Gasteiger partial charge on any atom is 0.319 e. The van der Waals surface area contributed by atoms with E-state index in [2.05, 4.69) is 0 Å². The molecular formula is C5H7NO5. The van der Waals surface area contributed by atoms with Crippen LogP contribution in [-0.4, -0.2) is 34.5 Å². The number of hydrogen-bond acceptors (Lipinski definition) is 4. The average Bonchev–Trinajstić information content (AvgIpc) is 1.85. The van der Waals surface area contributed by atoms with Gasteiger partial charge in [0.1, 0.15) is 6.29 Å². The van der Waals surface area contributed by atoms with E-state index in [1.807, 2.05) is 0 Å². The monoisotopic (exact) mass is 161 g/mol. The third-order valence-corrected chi connectivity index (χ3v) is 1.07. The highest BCUT2D eigenvalue weighted by Crippen LogP contribution is 1.99. The van der Waals surface area contributed by atoms with Gasteiger partial charge in [0.15, 0.2) is 5.92 Å². The first kappa shape index (κ1) is 9.57. The molecule has 0 bridgehead atoms. The topological polar surface area (TPSA) is 118 Å². The maximum atomic E-state index is 10.1. The second-order valence-electron chi connectivity index (χ2n) is 1.87. The van der Waals surface area contributed by atoms with E-state index >= 15 is 0 Å². The number of aliphatic carboxylic acids is 2. The summed E-state index contributed by atoms with van der Waals surface area (Å²) < 4.78 is 0. The molecule has 0 aromatic carbocycles. The maximum absolute atomic E-state index is 10.1. The smallest absolute Gasteiger partial charge is 0.319 e. The second kappa shape index (κ2) is 3.67. The van der Waals surface area contributed by atoms with Crippen LogP contribution in [0.3, 0.4) is 0 Å². The predicted molar refractivity (Wildman–Crippen MR) is 32.8 cm³/mol. The van der Waals surface area contributed by atoms with E-state index < -0.39 is 23.9 Å². The lowest BCUT2D eigenvalue weighted by molar-refractivity contribution is -0.156. The molecule has 1 atom stereocenters. The van der Waals surface area contributed by atoms with Gasteiger partial charge < -0.3 is 20.7 Å². The lowest BCUT2D eigenvalue weighted by Crippen LogP contribution is -2.41. The van der Waals surface area contributed by atoms with Crippen LogP contribution >= 0.6 is 0 Å². The molecule has 0 unspecified atom stereocenters. The van der Waals surface area contributed by atoms with E-state index in [9.17, 15) is 14.4 Å². The minimum atomic E-state index is -1.85. The van der Waals surface area contributed by atoms with Crippen LogP contribution < -0.4 is 5.73 Å². The summed E-state index contributed by atoms with van der Waals surface area (Å²) in [6.45, 7) is 0. The van der Waals surface area contributed by atoms with E-state index in [0.29, 0.717) is 0 Å². The Morgan fingerprint density at radius 3 is 1.73 bits per heavy atom. The molecule has 0 heterocycles. The molecule has 0 amide bonds. The lowest BCUT2D eigenvalue weighted by Gasteiger charge is -2.08. The van der Waals surface area contributed by atoms with Gasteiger partial charge in [0.25, 0.3) is 0 Å². The fraction of sp³-hybridized carbons (Fsp3) is 0.400. The minimum absolute atomic E-state index is 0.0902. The summed E-state index contributed by atoms with van der Waals surface area (Å²) in [5.41, 5.74) is 4.89. The minimum Gasteiger partial charge on any atom is -0.481 e. The van der Waals surface area contributed by atoms with Gasteiger partial charge in [-0.1, -0.05) is 0 Å². The normalized spacial score (nSPS) is 12.5. The third-order valence-electron chi connectivity index (χ3n) is 1.07. The SMILES string of the molecule is N[C@H](C=O)C(C(=O)O)C(=O)O. The van der Waals surface area contributed by atoms with Gasteiger partial charge in [-0.25, -0.2) is 0 Å². The number of carboxylic acid groups (broad SMARTS) is 2. The van der Waals surface area contributed by atoms with Crippen LogP contribution in [0.1, 0.15) is 0 Å². The van der Waals surface area contributed by atoms with E-state index in [0.717, 1.165) is 0 Å². The van der Waals surface area contributed by atoms with Crippen LogP contribution in [0.2, 0.25) is 0 Å². The summed E-state index contributed by atoms with van der Waals surface area (Å²) >= 11 is 0. The Morgan fingerprint density at radius 2 is 1.64 bits per heavy atom. The first-order valence-corrected chi connectivity index (χ1v) is 2.67. The van der Waals surface area contributed by atoms with Crippen molar-refractivity contribution in [1.82, 2.24) is 0 Å². The van der Waals surface area contributed by atoms with Crippen LogP contribution in [0.4, 0.5) is 0 Å². The van der Waals surface area contributed by atoms with Crippen molar-refractivity contribution >= 4 is 18.2 Å². The Hall–Kier alpha value is -1.43. The molecule has 0 aliphatic rings. The van der Waals surface area contributed by atoms with Gasteiger partial charge >= 0.3 is 11.9 Å². The second-order valence-corrected chi connectivity index (χ2v) is 1.87. The van der Waals surface area contributed by atoms with Gasteiger partial charge in [-0.3, -0.25) is 9.59 Å². The highest BCUT2D eigenvalue weighted by Gasteiger charge is 2.32. The number of carboxylic acids is 2. The molecule has 4 N–H and O–H groups in total. The van der Waals surface area contributed by atoms with Crippen LogP contribution in [0, 0.1) is 5.92 Å². The summed E-state index contributed by atoms with van der Waals surface area (Å²) in [5.74, 6) is -5.08. The lowest BCUT2D eigenvalue weighted by atomic mass is 10.0. The molecular weight excluding hydrogens is 154 g/mol. The fourth-order valence-corrected chi connectivity index (χ4v) is 0.513. The average molecular weight is 161 g/mol. The fourth-order valence-electron chi connectivity index (χ4n) is 0.513. The molecule has 0 saturated heterocycles. The molecule has 6 nitrogen and oxygen atoms in total. The molecule has 0 aliphatic heterocycles. The number of carbonyl (C=O) groups excluding carboxylic acids is 1. The van der Waals surface area contributed by atoms with Crippen molar-refractivity contribution < 1.29 is 24.6 Å². The summed E-state index contributed by atoms with van der Waals surface area (Å²) in [6, 6.07) is -1.50. The van der Waals surface area contributed by atoms with E-state index in [1.165, 1.54) is 0 Å². The molecule has 0 aromatic heterocycles. The summed E-state index contributed by atoms with van der Waals surface area (Å²) in [6.07, 6.45) is 0.0902. The zero-order chi connectivity index (χ0) is 9.02. The van der Waals surface area contributed by atoms with Gasteiger partial charge in [0.05, 0.1) is 6.04 Å². The number of rotatable bonds is 4. The van der Waals surface area contributed by atoms with Gasteiger partial charge in [0.2, 0.25) is 0 Å². The molecule has 0 saturated carbocycles. The standard InChI is InChI=1S/C5H7NO5/c6-2(1-7)3(4(8)9)5(10)11/h1-3H,6H2,(H,8,9)(H,10,11)/t2-/m1/s1.